The highest BCUT2D eigenvalue weighted by Gasteiger charge is 2.24. The number of nitrogens with one attached hydrogen (secondary N) is 1. The van der Waals surface area contributed by atoms with Crippen LogP contribution in [0.4, 0.5) is 5.69 Å². The molecule has 4 aromatic rings. The quantitative estimate of drug-likeness (QED) is 0.235. The maximum atomic E-state index is 12.9. The van der Waals surface area contributed by atoms with E-state index >= 15 is 0 Å². The standard InChI is InChI=1S/C28H24Cl5N3O2.BrH/c1-17-3-8-26(25(33)11-17)34-28(37)18(2)36-10-9-35(16-36)14-27(22-7-6-21(30)13-24(22)32)38-15-19-4-5-20(29)12-23(19)31;/h3-13,16,18,27H,14-15H2,1-2H3;1H. The van der Waals surface area contributed by atoms with Crippen molar-refractivity contribution in [2.45, 2.75) is 39.1 Å². The van der Waals surface area contributed by atoms with Crippen LogP contribution in [0, 0.1) is 6.92 Å². The highest BCUT2D eigenvalue weighted by atomic mass is 79.9. The van der Waals surface area contributed by atoms with Crippen molar-refractivity contribution in [3.63, 3.8) is 0 Å². The smallest absolute Gasteiger partial charge is 0.269 e. The van der Waals surface area contributed by atoms with Gasteiger partial charge in [-0.2, -0.15) is 0 Å². The van der Waals surface area contributed by atoms with E-state index in [9.17, 15) is 4.79 Å². The van der Waals surface area contributed by atoms with Crippen molar-refractivity contribution < 1.29 is 31.1 Å². The number of imidazole rings is 1. The zero-order chi connectivity index (χ0) is 27.4. The average Bonchev–Trinajstić information content (AvgIpc) is 3.32. The van der Waals surface area contributed by atoms with E-state index in [1.165, 1.54) is 0 Å². The van der Waals surface area contributed by atoms with Gasteiger partial charge in [-0.3, -0.25) is 4.79 Å². The Morgan fingerprint density at radius 3 is 2.31 bits per heavy atom. The first-order chi connectivity index (χ1) is 18.1. The number of hydrogen-bond donors (Lipinski definition) is 1. The van der Waals surface area contributed by atoms with Gasteiger partial charge >= 0.3 is 0 Å². The van der Waals surface area contributed by atoms with Crippen molar-refractivity contribution in [2.24, 2.45) is 0 Å². The van der Waals surface area contributed by atoms with Crippen LogP contribution in [-0.2, 0) is 22.7 Å². The fourth-order valence-electron chi connectivity index (χ4n) is 3.87. The lowest BCUT2D eigenvalue weighted by molar-refractivity contribution is -0.705. The van der Waals surface area contributed by atoms with Crippen molar-refractivity contribution >= 4 is 69.6 Å². The lowest BCUT2D eigenvalue weighted by atomic mass is 10.1. The number of halogens is 6. The van der Waals surface area contributed by atoms with Crippen LogP contribution in [0.2, 0.25) is 25.1 Å². The molecule has 0 bridgehead atoms. The molecular formula is C28H25BrCl5N3O2. The topological polar surface area (TPSA) is 47.1 Å². The molecule has 39 heavy (non-hydrogen) atoms. The van der Waals surface area contributed by atoms with Crippen LogP contribution in [0.3, 0.4) is 0 Å². The third-order valence-corrected chi connectivity index (χ3v) is 7.52. The van der Waals surface area contributed by atoms with Crippen LogP contribution in [0.25, 0.3) is 0 Å². The molecule has 0 aliphatic rings. The molecule has 0 spiro atoms. The van der Waals surface area contributed by atoms with Gasteiger partial charge in [0, 0.05) is 25.7 Å². The van der Waals surface area contributed by atoms with Crippen LogP contribution in [0.5, 0.6) is 0 Å². The highest BCUT2D eigenvalue weighted by molar-refractivity contribution is 6.35. The van der Waals surface area contributed by atoms with E-state index in [2.05, 4.69) is 5.32 Å². The van der Waals surface area contributed by atoms with E-state index in [1.54, 1.807) is 30.3 Å². The number of aromatic nitrogens is 2. The Morgan fingerprint density at radius 1 is 0.949 bits per heavy atom. The number of carbonyl (C=O) groups excluding carboxylic acids is 1. The molecule has 206 valence electrons. The summed E-state index contributed by atoms with van der Waals surface area (Å²) >= 11 is 31.3. The van der Waals surface area contributed by atoms with E-state index < -0.39 is 12.1 Å². The van der Waals surface area contributed by atoms with Crippen LogP contribution in [0.1, 0.15) is 35.8 Å². The molecule has 1 amide bonds. The molecule has 2 atom stereocenters. The Labute approximate surface area is 263 Å². The highest BCUT2D eigenvalue weighted by Crippen LogP contribution is 2.31. The molecule has 0 aliphatic carbocycles. The lowest BCUT2D eigenvalue weighted by Crippen LogP contribution is -3.00. The maximum Gasteiger partial charge on any atom is 0.269 e. The summed E-state index contributed by atoms with van der Waals surface area (Å²) in [6.07, 6.45) is 5.12. The summed E-state index contributed by atoms with van der Waals surface area (Å²) in [6.45, 7) is 4.43. The van der Waals surface area contributed by atoms with E-state index in [0.29, 0.717) is 37.3 Å². The van der Waals surface area contributed by atoms with Crippen LogP contribution in [-0.4, -0.2) is 10.5 Å². The number of carbonyl (C=O) groups is 1. The Kier molecular flexibility index (Phi) is 11.6. The normalized spacial score (nSPS) is 12.5. The Hall–Kier alpha value is -1.77. The van der Waals surface area contributed by atoms with Crippen molar-refractivity contribution in [3.05, 3.63) is 115 Å². The summed E-state index contributed by atoms with van der Waals surface area (Å²) in [4.78, 5) is 12.9. The maximum absolute atomic E-state index is 12.9. The fraction of sp³-hybridized carbons (Fsp3) is 0.214. The molecule has 1 heterocycles. The van der Waals surface area contributed by atoms with Gasteiger partial charge in [0.25, 0.3) is 5.91 Å². The molecule has 4 rings (SSSR count). The second kappa shape index (κ2) is 14.2. The number of anilines is 1. The molecule has 1 aromatic heterocycles. The summed E-state index contributed by atoms with van der Waals surface area (Å²) in [5.41, 5.74) is 3.17. The Balaban J connectivity index is 0.00000420. The molecule has 2 unspecified atom stereocenters. The lowest BCUT2D eigenvalue weighted by Gasteiger charge is -2.19. The molecule has 0 aliphatic heterocycles. The van der Waals surface area contributed by atoms with Gasteiger partial charge in [-0.25, -0.2) is 9.13 Å². The molecule has 11 heteroatoms. The third-order valence-electron chi connectivity index (χ3n) is 6.06. The van der Waals surface area contributed by atoms with Crippen LogP contribution >= 0.6 is 58.0 Å². The molecule has 0 radical (unpaired) electrons. The summed E-state index contributed by atoms with van der Waals surface area (Å²) in [5.74, 6) is -0.190. The molecule has 3 aromatic carbocycles. The van der Waals surface area contributed by atoms with Crippen molar-refractivity contribution in [1.82, 2.24) is 4.57 Å². The SMILES string of the molecule is Cc1ccc(NC(=O)C(C)n2cc[n+](CC(OCc3ccc(Cl)cc3Cl)c3ccc(Cl)cc3Cl)c2)c(Cl)c1.[Br-]. The van der Waals surface area contributed by atoms with Crippen molar-refractivity contribution in [2.75, 3.05) is 5.32 Å². The second-order valence-corrected chi connectivity index (χ2v) is 11.0. The van der Waals surface area contributed by atoms with E-state index in [4.69, 9.17) is 62.7 Å². The van der Waals surface area contributed by atoms with Gasteiger partial charge in [0.15, 0.2) is 6.04 Å². The summed E-state index contributed by atoms with van der Waals surface area (Å²) in [6, 6.07) is 15.6. The Bertz CT molecular complexity index is 1460. The van der Waals surface area contributed by atoms with Gasteiger partial charge in [-0.15, -0.1) is 0 Å². The van der Waals surface area contributed by atoms with E-state index in [0.717, 1.165) is 16.7 Å². The predicted molar refractivity (Wildman–Crippen MR) is 155 cm³/mol. The predicted octanol–water partition coefficient (Wildman–Crippen LogP) is 5.51. The number of hydrogen-bond acceptors (Lipinski definition) is 2. The molecule has 0 saturated heterocycles. The van der Waals surface area contributed by atoms with Gasteiger partial charge in [-0.05, 0) is 61.4 Å². The summed E-state index contributed by atoms with van der Waals surface area (Å²) < 4.78 is 10.0. The van der Waals surface area contributed by atoms with Gasteiger partial charge in [0.05, 0.1) is 17.3 Å². The summed E-state index contributed by atoms with van der Waals surface area (Å²) in [7, 11) is 0. The molecule has 1 N–H and O–H groups in total. The van der Waals surface area contributed by atoms with Crippen molar-refractivity contribution in [3.8, 4) is 0 Å². The van der Waals surface area contributed by atoms with Crippen LogP contribution < -0.4 is 26.9 Å². The molecule has 0 fully saturated rings. The number of nitrogens with zero attached hydrogens (tertiary/aromatic N) is 2. The van der Waals surface area contributed by atoms with Gasteiger partial charge in [0.1, 0.15) is 25.0 Å². The number of ether oxygens (including phenoxy) is 1. The Morgan fingerprint density at radius 2 is 1.64 bits per heavy atom. The fourth-order valence-corrected chi connectivity index (χ4v) is 5.14. The number of amides is 1. The first kappa shape index (κ1) is 31.8. The minimum Gasteiger partial charge on any atom is -1.00 e. The number of benzene rings is 3. The van der Waals surface area contributed by atoms with E-state index in [1.807, 2.05) is 66.0 Å². The van der Waals surface area contributed by atoms with E-state index in [-0.39, 0.29) is 29.5 Å². The average molecular weight is 693 g/mol. The largest absolute Gasteiger partial charge is 1.00 e. The molecule has 5 nitrogen and oxygen atoms in total. The third kappa shape index (κ3) is 8.37. The second-order valence-electron chi connectivity index (χ2n) is 8.91. The molecular weight excluding hydrogens is 667 g/mol. The monoisotopic (exact) mass is 689 g/mol. The van der Waals surface area contributed by atoms with Crippen LogP contribution in [0.15, 0.2) is 73.3 Å². The zero-order valence-electron chi connectivity index (χ0n) is 21.0. The number of aryl methyl sites for hydroxylation is 1. The number of rotatable bonds is 9. The van der Waals surface area contributed by atoms with Gasteiger partial charge < -0.3 is 27.0 Å². The minimum atomic E-state index is -0.486. The van der Waals surface area contributed by atoms with Gasteiger partial charge in [0.2, 0.25) is 6.33 Å². The van der Waals surface area contributed by atoms with Crippen molar-refractivity contribution in [1.29, 1.82) is 0 Å². The summed E-state index contributed by atoms with van der Waals surface area (Å²) in [5, 5.41) is 5.49. The van der Waals surface area contributed by atoms with Gasteiger partial charge in [-0.1, -0.05) is 76.2 Å². The minimum absolute atomic E-state index is 0. The zero-order valence-corrected chi connectivity index (χ0v) is 26.3. The first-order valence-electron chi connectivity index (χ1n) is 11.7. The molecule has 0 saturated carbocycles. The first-order valence-corrected chi connectivity index (χ1v) is 13.6.